The van der Waals surface area contributed by atoms with Crippen LogP contribution in [0.15, 0.2) is 30.5 Å². The third-order valence-corrected chi connectivity index (χ3v) is 3.85. The van der Waals surface area contributed by atoms with Crippen molar-refractivity contribution in [2.45, 2.75) is 26.9 Å². The van der Waals surface area contributed by atoms with Crippen molar-refractivity contribution < 1.29 is 0 Å². The highest BCUT2D eigenvalue weighted by atomic mass is 35.5. The Bertz CT molecular complexity index is 638. The number of hydrogen-bond donors (Lipinski definition) is 1. The third-order valence-electron chi connectivity index (χ3n) is 3.20. The number of halogens is 1. The van der Waals surface area contributed by atoms with Crippen LogP contribution in [0.5, 0.6) is 0 Å². The molecule has 21 heavy (non-hydrogen) atoms. The van der Waals surface area contributed by atoms with Gasteiger partial charge < -0.3 is 10.2 Å². The molecule has 6 heteroatoms. The first-order valence-corrected chi connectivity index (χ1v) is 7.59. The number of anilines is 1. The molecule has 0 fully saturated rings. The molecule has 0 saturated heterocycles. The summed E-state index contributed by atoms with van der Waals surface area (Å²) in [6.45, 7) is 5.68. The van der Waals surface area contributed by atoms with Crippen molar-refractivity contribution in [1.82, 2.24) is 14.7 Å². The number of aryl methyl sites for hydroxylation is 2. The molecule has 1 N–H and O–H groups in total. The highest BCUT2D eigenvalue weighted by molar-refractivity contribution is 7.80. The lowest BCUT2D eigenvalue weighted by Gasteiger charge is -2.20. The van der Waals surface area contributed by atoms with Crippen LogP contribution in [0.1, 0.15) is 18.2 Å². The van der Waals surface area contributed by atoms with E-state index in [1.807, 2.05) is 47.8 Å². The van der Waals surface area contributed by atoms with Crippen molar-refractivity contribution in [2.24, 2.45) is 0 Å². The van der Waals surface area contributed by atoms with Gasteiger partial charge in [0.15, 0.2) is 5.11 Å². The molecular weight excluding hydrogens is 304 g/mol. The van der Waals surface area contributed by atoms with Crippen molar-refractivity contribution in [3.8, 4) is 0 Å². The number of thiocarbonyl (C=S) groups is 1. The maximum atomic E-state index is 5.97. The summed E-state index contributed by atoms with van der Waals surface area (Å²) in [6.07, 6.45) is 2.06. The Balaban J connectivity index is 2.00. The lowest BCUT2D eigenvalue weighted by molar-refractivity contribution is 0.506. The zero-order valence-corrected chi connectivity index (χ0v) is 14.0. The summed E-state index contributed by atoms with van der Waals surface area (Å²) in [6, 6.07) is 7.51. The number of rotatable bonds is 4. The van der Waals surface area contributed by atoms with Gasteiger partial charge >= 0.3 is 0 Å². The monoisotopic (exact) mass is 322 g/mol. The van der Waals surface area contributed by atoms with E-state index < -0.39 is 0 Å². The molecular formula is C15H19ClN4S. The zero-order valence-electron chi connectivity index (χ0n) is 12.4. The normalized spacial score (nSPS) is 10.5. The predicted molar refractivity (Wildman–Crippen MR) is 91.8 cm³/mol. The fourth-order valence-corrected chi connectivity index (χ4v) is 2.36. The van der Waals surface area contributed by atoms with Crippen LogP contribution in [0, 0.1) is 6.92 Å². The van der Waals surface area contributed by atoms with Crippen LogP contribution in [0.25, 0.3) is 0 Å². The van der Waals surface area contributed by atoms with E-state index >= 15 is 0 Å². The van der Waals surface area contributed by atoms with Crippen molar-refractivity contribution in [3.05, 3.63) is 46.7 Å². The van der Waals surface area contributed by atoms with Gasteiger partial charge in [-0.1, -0.05) is 17.7 Å². The summed E-state index contributed by atoms with van der Waals surface area (Å²) in [5, 5.41) is 8.97. The van der Waals surface area contributed by atoms with E-state index in [1.165, 1.54) is 5.56 Å². The zero-order chi connectivity index (χ0) is 15.4. The Morgan fingerprint density at radius 3 is 2.86 bits per heavy atom. The first-order valence-electron chi connectivity index (χ1n) is 6.80. The van der Waals surface area contributed by atoms with E-state index in [2.05, 4.69) is 23.5 Å². The number of aromatic nitrogens is 2. The highest BCUT2D eigenvalue weighted by Gasteiger charge is 2.10. The van der Waals surface area contributed by atoms with E-state index in [4.69, 9.17) is 23.8 Å². The maximum Gasteiger partial charge on any atom is 0.173 e. The van der Waals surface area contributed by atoms with Gasteiger partial charge in [-0.2, -0.15) is 5.10 Å². The molecule has 4 nitrogen and oxygen atoms in total. The summed E-state index contributed by atoms with van der Waals surface area (Å²) in [5.41, 5.74) is 3.10. The second-order valence-electron chi connectivity index (χ2n) is 4.89. The molecule has 0 radical (unpaired) electrons. The Kier molecular flexibility index (Phi) is 5.20. The molecule has 0 aliphatic heterocycles. The molecule has 0 unspecified atom stereocenters. The van der Waals surface area contributed by atoms with Gasteiger partial charge in [-0.15, -0.1) is 0 Å². The second kappa shape index (κ2) is 6.91. The van der Waals surface area contributed by atoms with Crippen LogP contribution in [0.2, 0.25) is 5.02 Å². The van der Waals surface area contributed by atoms with Crippen LogP contribution in [0.4, 0.5) is 5.69 Å². The molecule has 0 saturated carbocycles. The Morgan fingerprint density at radius 1 is 1.48 bits per heavy atom. The Morgan fingerprint density at radius 2 is 2.24 bits per heavy atom. The van der Waals surface area contributed by atoms with Crippen LogP contribution >= 0.6 is 23.8 Å². The van der Waals surface area contributed by atoms with Crippen molar-refractivity contribution in [2.75, 3.05) is 12.4 Å². The van der Waals surface area contributed by atoms with Gasteiger partial charge in [0.05, 0.1) is 5.69 Å². The molecule has 1 heterocycles. The lowest BCUT2D eigenvalue weighted by atomic mass is 10.2. The second-order valence-corrected chi connectivity index (χ2v) is 5.72. The number of hydrogen-bond acceptors (Lipinski definition) is 2. The van der Waals surface area contributed by atoms with Gasteiger partial charge in [-0.05, 0) is 44.3 Å². The van der Waals surface area contributed by atoms with Gasteiger partial charge in [0, 0.05) is 42.6 Å². The van der Waals surface area contributed by atoms with Crippen LogP contribution < -0.4 is 5.32 Å². The van der Waals surface area contributed by atoms with E-state index in [-0.39, 0.29) is 0 Å². The maximum absolute atomic E-state index is 5.97. The topological polar surface area (TPSA) is 33.1 Å². The minimum atomic E-state index is 0.654. The standard InChI is InChI=1S/C15H19ClN4S/c1-4-20-10-12(11(2)18-20)9-19(3)15(21)17-14-7-5-6-13(16)8-14/h5-8,10H,4,9H2,1-3H3,(H,17,21). The first-order chi connectivity index (χ1) is 9.99. The smallest absolute Gasteiger partial charge is 0.173 e. The third kappa shape index (κ3) is 4.19. The highest BCUT2D eigenvalue weighted by Crippen LogP contribution is 2.16. The molecule has 2 rings (SSSR count). The molecule has 0 atom stereocenters. The van der Waals surface area contributed by atoms with Crippen molar-refractivity contribution in [3.63, 3.8) is 0 Å². The summed E-state index contributed by atoms with van der Waals surface area (Å²) in [5.74, 6) is 0. The van der Waals surface area contributed by atoms with Gasteiger partial charge in [0.25, 0.3) is 0 Å². The van der Waals surface area contributed by atoms with E-state index in [0.29, 0.717) is 10.1 Å². The molecule has 0 aliphatic rings. The minimum Gasteiger partial charge on any atom is -0.348 e. The Labute approximate surface area is 135 Å². The summed E-state index contributed by atoms with van der Waals surface area (Å²) < 4.78 is 1.94. The van der Waals surface area contributed by atoms with Crippen LogP contribution in [-0.2, 0) is 13.1 Å². The van der Waals surface area contributed by atoms with Gasteiger partial charge in [0.2, 0.25) is 0 Å². The molecule has 1 aromatic heterocycles. The van der Waals surface area contributed by atoms with Gasteiger partial charge in [0.1, 0.15) is 0 Å². The van der Waals surface area contributed by atoms with Gasteiger partial charge in [-0.25, -0.2) is 0 Å². The van der Waals surface area contributed by atoms with E-state index in [9.17, 15) is 0 Å². The predicted octanol–water partition coefficient (Wildman–Crippen LogP) is 3.69. The molecule has 0 aliphatic carbocycles. The fraction of sp³-hybridized carbons (Fsp3) is 0.333. The lowest BCUT2D eigenvalue weighted by Crippen LogP contribution is -2.30. The van der Waals surface area contributed by atoms with E-state index in [0.717, 1.165) is 24.5 Å². The number of nitrogens with zero attached hydrogens (tertiary/aromatic N) is 3. The first kappa shape index (κ1) is 15.8. The fourth-order valence-electron chi connectivity index (χ4n) is 1.99. The average Bonchev–Trinajstić information content (AvgIpc) is 2.79. The van der Waals surface area contributed by atoms with E-state index in [1.54, 1.807) is 0 Å². The quantitative estimate of drug-likeness (QED) is 0.870. The SMILES string of the molecule is CCn1cc(CN(C)C(=S)Nc2cccc(Cl)c2)c(C)n1. The molecule has 1 aromatic carbocycles. The molecule has 0 bridgehead atoms. The van der Waals surface area contributed by atoms with Crippen molar-refractivity contribution in [1.29, 1.82) is 0 Å². The molecule has 2 aromatic rings. The summed E-state index contributed by atoms with van der Waals surface area (Å²) >= 11 is 11.4. The summed E-state index contributed by atoms with van der Waals surface area (Å²) in [7, 11) is 1.96. The number of benzene rings is 1. The average molecular weight is 323 g/mol. The molecule has 112 valence electrons. The largest absolute Gasteiger partial charge is 0.348 e. The van der Waals surface area contributed by atoms with Crippen LogP contribution in [0.3, 0.4) is 0 Å². The Hall–Kier alpha value is -1.59. The molecule has 0 amide bonds. The van der Waals surface area contributed by atoms with Gasteiger partial charge in [-0.3, -0.25) is 4.68 Å². The number of nitrogens with one attached hydrogen (secondary N) is 1. The van der Waals surface area contributed by atoms with Crippen LogP contribution in [-0.4, -0.2) is 26.8 Å². The summed E-state index contributed by atoms with van der Waals surface area (Å²) in [4.78, 5) is 1.99. The van der Waals surface area contributed by atoms with Crippen molar-refractivity contribution >= 4 is 34.6 Å². The minimum absolute atomic E-state index is 0.654. The molecule has 0 spiro atoms.